The third kappa shape index (κ3) is 2.19. The Bertz CT molecular complexity index is 558. The minimum absolute atomic E-state index is 0.232. The van der Waals surface area contributed by atoms with E-state index in [2.05, 4.69) is 17.1 Å². The summed E-state index contributed by atoms with van der Waals surface area (Å²) < 4.78 is 0. The molecule has 0 unspecified atom stereocenters. The maximum absolute atomic E-state index is 12.7. The van der Waals surface area contributed by atoms with Gasteiger partial charge in [0.05, 0.1) is 5.41 Å². The minimum atomic E-state index is -0.232. The lowest BCUT2D eigenvalue weighted by Gasteiger charge is -2.41. The summed E-state index contributed by atoms with van der Waals surface area (Å²) in [5.41, 5.74) is 2.01. The Kier molecular flexibility index (Phi) is 3.16. The Morgan fingerprint density at radius 3 is 2.32 bits per heavy atom. The summed E-state index contributed by atoms with van der Waals surface area (Å²) >= 11 is 0. The van der Waals surface area contributed by atoms with Crippen molar-refractivity contribution in [3.05, 3.63) is 66.0 Å². The second-order valence-electron chi connectivity index (χ2n) is 5.26. The maximum atomic E-state index is 12.7. The second-order valence-corrected chi connectivity index (χ2v) is 5.26. The van der Waals surface area contributed by atoms with Gasteiger partial charge >= 0.3 is 0 Å². The number of rotatable bonds is 4. The fourth-order valence-corrected chi connectivity index (χ4v) is 2.87. The van der Waals surface area contributed by atoms with Gasteiger partial charge in [-0.05, 0) is 36.1 Å². The van der Waals surface area contributed by atoms with Gasteiger partial charge in [0.1, 0.15) is 5.78 Å². The average molecular weight is 251 g/mol. The fraction of sp³-hybridized carbons (Fsp3) is 0.294. The molecule has 19 heavy (non-hydrogen) atoms. The first-order chi connectivity index (χ1) is 9.31. The molecule has 2 heteroatoms. The van der Waals surface area contributed by atoms with E-state index in [9.17, 15) is 4.79 Å². The van der Waals surface area contributed by atoms with Crippen molar-refractivity contribution < 1.29 is 4.79 Å². The van der Waals surface area contributed by atoms with Crippen molar-refractivity contribution in [3.63, 3.8) is 0 Å². The number of aromatic nitrogens is 1. The molecular formula is C17H17NO. The van der Waals surface area contributed by atoms with Gasteiger partial charge in [-0.3, -0.25) is 9.78 Å². The van der Waals surface area contributed by atoms with E-state index in [1.165, 1.54) is 5.56 Å². The van der Waals surface area contributed by atoms with Crippen LogP contribution in [0.3, 0.4) is 0 Å². The molecule has 1 aromatic heterocycles. The quantitative estimate of drug-likeness (QED) is 0.834. The van der Waals surface area contributed by atoms with Crippen molar-refractivity contribution >= 4 is 5.78 Å². The van der Waals surface area contributed by atoms with E-state index in [-0.39, 0.29) is 5.41 Å². The van der Waals surface area contributed by atoms with E-state index in [4.69, 9.17) is 0 Å². The molecule has 0 radical (unpaired) electrons. The second kappa shape index (κ2) is 4.96. The summed E-state index contributed by atoms with van der Waals surface area (Å²) in [5.74, 6) is 0.344. The molecule has 1 fully saturated rings. The standard InChI is InChI=1S/C17H17NO/c19-16(13-14-7-11-18-12-8-14)17(9-4-10-17)15-5-2-1-3-6-15/h1-3,5-8,11-12H,4,9-10,13H2. The Hall–Kier alpha value is -1.96. The van der Waals surface area contributed by atoms with Gasteiger partial charge in [-0.2, -0.15) is 0 Å². The number of ketones is 1. The number of hydrogen-bond acceptors (Lipinski definition) is 2. The number of benzene rings is 1. The van der Waals surface area contributed by atoms with E-state index in [0.717, 1.165) is 24.8 Å². The Morgan fingerprint density at radius 2 is 1.74 bits per heavy atom. The smallest absolute Gasteiger partial charge is 0.147 e. The lowest BCUT2D eigenvalue weighted by Crippen LogP contribution is -2.43. The highest BCUT2D eigenvalue weighted by Crippen LogP contribution is 2.45. The molecule has 96 valence electrons. The molecule has 0 amide bonds. The molecule has 1 saturated carbocycles. The molecule has 0 spiro atoms. The molecule has 2 aromatic rings. The Balaban J connectivity index is 1.85. The van der Waals surface area contributed by atoms with Crippen LogP contribution in [-0.2, 0) is 16.6 Å². The van der Waals surface area contributed by atoms with Crippen LogP contribution >= 0.6 is 0 Å². The summed E-state index contributed by atoms with van der Waals surface area (Å²) in [5, 5.41) is 0. The van der Waals surface area contributed by atoms with Crippen molar-refractivity contribution in [3.8, 4) is 0 Å². The van der Waals surface area contributed by atoms with Crippen molar-refractivity contribution in [1.29, 1.82) is 0 Å². The van der Waals surface area contributed by atoms with Gasteiger partial charge in [-0.15, -0.1) is 0 Å². The highest BCUT2D eigenvalue weighted by atomic mass is 16.1. The summed E-state index contributed by atoms with van der Waals surface area (Å²) in [6, 6.07) is 14.1. The van der Waals surface area contributed by atoms with E-state index < -0.39 is 0 Å². The average Bonchev–Trinajstić information content (AvgIpc) is 2.40. The lowest BCUT2D eigenvalue weighted by atomic mass is 9.61. The zero-order valence-electron chi connectivity index (χ0n) is 10.9. The molecule has 1 heterocycles. The van der Waals surface area contributed by atoms with Crippen LogP contribution in [0.4, 0.5) is 0 Å². The highest BCUT2D eigenvalue weighted by Gasteiger charge is 2.44. The van der Waals surface area contributed by atoms with E-state index in [1.54, 1.807) is 12.4 Å². The number of carbonyl (C=O) groups is 1. The number of pyridine rings is 1. The molecule has 0 saturated heterocycles. The van der Waals surface area contributed by atoms with E-state index >= 15 is 0 Å². The molecule has 2 nitrogen and oxygen atoms in total. The SMILES string of the molecule is O=C(Cc1ccncc1)C1(c2ccccc2)CCC1. The van der Waals surface area contributed by atoms with Crippen molar-refractivity contribution in [2.24, 2.45) is 0 Å². The van der Waals surface area contributed by atoms with Crippen LogP contribution in [0.25, 0.3) is 0 Å². The van der Waals surface area contributed by atoms with Gasteiger partial charge in [0.25, 0.3) is 0 Å². The van der Waals surface area contributed by atoms with Crippen LogP contribution in [0.15, 0.2) is 54.9 Å². The van der Waals surface area contributed by atoms with Crippen LogP contribution in [0.1, 0.15) is 30.4 Å². The lowest BCUT2D eigenvalue weighted by molar-refractivity contribution is -0.127. The molecule has 0 bridgehead atoms. The summed E-state index contributed by atoms with van der Waals surface area (Å²) in [4.78, 5) is 16.7. The zero-order valence-corrected chi connectivity index (χ0v) is 10.9. The minimum Gasteiger partial charge on any atom is -0.298 e. The number of carbonyl (C=O) groups excluding carboxylic acids is 1. The van der Waals surface area contributed by atoms with E-state index in [0.29, 0.717) is 12.2 Å². The van der Waals surface area contributed by atoms with Crippen LogP contribution < -0.4 is 0 Å². The van der Waals surface area contributed by atoms with E-state index in [1.807, 2.05) is 30.3 Å². The summed E-state index contributed by atoms with van der Waals surface area (Å²) in [6.45, 7) is 0. The molecule has 0 N–H and O–H groups in total. The molecule has 0 atom stereocenters. The zero-order chi connectivity index (χ0) is 13.1. The van der Waals surface area contributed by atoms with Crippen LogP contribution in [0.5, 0.6) is 0 Å². The highest BCUT2D eigenvalue weighted by molar-refractivity contribution is 5.92. The van der Waals surface area contributed by atoms with Crippen molar-refractivity contribution in [2.75, 3.05) is 0 Å². The van der Waals surface area contributed by atoms with Crippen molar-refractivity contribution in [1.82, 2.24) is 4.98 Å². The molecule has 0 aliphatic heterocycles. The predicted molar refractivity (Wildman–Crippen MR) is 74.9 cm³/mol. The first-order valence-electron chi connectivity index (χ1n) is 6.79. The van der Waals surface area contributed by atoms with Gasteiger partial charge in [-0.25, -0.2) is 0 Å². The monoisotopic (exact) mass is 251 g/mol. The molecule has 1 aliphatic carbocycles. The third-order valence-corrected chi connectivity index (χ3v) is 4.18. The molecular weight excluding hydrogens is 234 g/mol. The largest absolute Gasteiger partial charge is 0.298 e. The van der Waals surface area contributed by atoms with Gasteiger partial charge in [0.2, 0.25) is 0 Å². The summed E-state index contributed by atoms with van der Waals surface area (Å²) in [7, 11) is 0. The number of nitrogens with zero attached hydrogens (tertiary/aromatic N) is 1. The van der Waals surface area contributed by atoms with Gasteiger partial charge in [-0.1, -0.05) is 36.8 Å². The number of hydrogen-bond donors (Lipinski definition) is 0. The Labute approximate surface area is 113 Å². The van der Waals surface area contributed by atoms with Crippen LogP contribution in [0, 0.1) is 0 Å². The third-order valence-electron chi connectivity index (χ3n) is 4.18. The first kappa shape index (κ1) is 12.1. The molecule has 1 aromatic carbocycles. The topological polar surface area (TPSA) is 30.0 Å². The van der Waals surface area contributed by atoms with Gasteiger partial charge in [0.15, 0.2) is 0 Å². The maximum Gasteiger partial charge on any atom is 0.147 e. The predicted octanol–water partition coefficient (Wildman–Crippen LogP) is 3.32. The fourth-order valence-electron chi connectivity index (χ4n) is 2.87. The normalized spacial score (nSPS) is 16.6. The summed E-state index contributed by atoms with van der Waals surface area (Å²) in [6.07, 6.45) is 7.13. The van der Waals surface area contributed by atoms with Crippen LogP contribution in [0.2, 0.25) is 0 Å². The number of Topliss-reactive ketones (excluding diaryl/α,β-unsaturated/α-hetero) is 1. The van der Waals surface area contributed by atoms with Gasteiger partial charge < -0.3 is 0 Å². The molecule has 1 aliphatic rings. The Morgan fingerprint density at radius 1 is 1.05 bits per heavy atom. The van der Waals surface area contributed by atoms with Gasteiger partial charge in [0, 0.05) is 18.8 Å². The first-order valence-corrected chi connectivity index (χ1v) is 6.79. The van der Waals surface area contributed by atoms with Crippen LogP contribution in [-0.4, -0.2) is 10.8 Å². The molecule has 3 rings (SSSR count). The van der Waals surface area contributed by atoms with Crippen molar-refractivity contribution in [2.45, 2.75) is 31.1 Å².